The third kappa shape index (κ3) is 2.03. The maximum Gasteiger partial charge on any atom is 0.150 e. The molecule has 16 heavy (non-hydrogen) atoms. The predicted octanol–water partition coefficient (Wildman–Crippen LogP) is 3.57. The average Bonchev–Trinajstić information content (AvgIpc) is 2.67. The molecule has 0 spiro atoms. The van der Waals surface area contributed by atoms with Crippen LogP contribution in [-0.2, 0) is 0 Å². The van der Waals surface area contributed by atoms with Gasteiger partial charge in [-0.25, -0.2) is 4.39 Å². The summed E-state index contributed by atoms with van der Waals surface area (Å²) in [6, 6.07) is 6.00. The average molecular weight is 285 g/mol. The van der Waals surface area contributed by atoms with Crippen molar-refractivity contribution in [2.45, 2.75) is 13.0 Å². The number of halogens is 2. The number of aliphatic hydroxyl groups excluding tert-OH is 1. The summed E-state index contributed by atoms with van der Waals surface area (Å²) in [7, 11) is 0. The van der Waals surface area contributed by atoms with Gasteiger partial charge in [0.25, 0.3) is 0 Å². The highest BCUT2D eigenvalue weighted by Crippen LogP contribution is 2.31. The molecule has 0 aliphatic carbocycles. The molecule has 2 rings (SSSR count). The number of rotatable bonds is 2. The van der Waals surface area contributed by atoms with Crippen LogP contribution in [0.1, 0.15) is 23.0 Å². The molecule has 0 saturated carbocycles. The van der Waals surface area contributed by atoms with Crippen molar-refractivity contribution in [2.75, 3.05) is 0 Å². The second-order valence-corrected chi connectivity index (χ2v) is 4.39. The van der Waals surface area contributed by atoms with E-state index in [1.165, 1.54) is 18.4 Å². The first-order valence-corrected chi connectivity index (χ1v) is 5.56. The number of furan rings is 1. The number of hydrogen-bond acceptors (Lipinski definition) is 2. The summed E-state index contributed by atoms with van der Waals surface area (Å²) in [5.41, 5.74) is 1.33. The van der Waals surface area contributed by atoms with Crippen LogP contribution in [0, 0.1) is 12.7 Å². The Labute approximate surface area is 101 Å². The third-order valence-corrected chi connectivity index (χ3v) is 3.08. The quantitative estimate of drug-likeness (QED) is 0.915. The van der Waals surface area contributed by atoms with E-state index in [4.69, 9.17) is 4.42 Å². The second-order valence-electron chi connectivity index (χ2n) is 3.54. The molecule has 84 valence electrons. The van der Waals surface area contributed by atoms with Gasteiger partial charge in [0.2, 0.25) is 0 Å². The van der Waals surface area contributed by atoms with Crippen molar-refractivity contribution in [2.24, 2.45) is 0 Å². The maximum absolute atomic E-state index is 13.1. The van der Waals surface area contributed by atoms with E-state index in [0.717, 1.165) is 5.56 Å². The van der Waals surface area contributed by atoms with Gasteiger partial charge in [-0.1, -0.05) is 6.07 Å². The zero-order chi connectivity index (χ0) is 11.7. The first-order valence-electron chi connectivity index (χ1n) is 4.76. The lowest BCUT2D eigenvalue weighted by Crippen LogP contribution is -2.02. The van der Waals surface area contributed by atoms with E-state index in [1.54, 1.807) is 12.1 Å². The van der Waals surface area contributed by atoms with E-state index >= 15 is 0 Å². The summed E-state index contributed by atoms with van der Waals surface area (Å²) in [5, 5.41) is 10.1. The van der Waals surface area contributed by atoms with Crippen molar-refractivity contribution in [3.8, 4) is 0 Å². The number of aryl methyl sites for hydroxylation is 1. The second kappa shape index (κ2) is 4.39. The molecule has 1 N–H and O–H groups in total. The zero-order valence-electron chi connectivity index (χ0n) is 8.58. The van der Waals surface area contributed by atoms with Gasteiger partial charge in [0.05, 0.1) is 10.7 Å². The van der Waals surface area contributed by atoms with Gasteiger partial charge in [-0.3, -0.25) is 0 Å². The highest BCUT2D eigenvalue weighted by atomic mass is 79.9. The van der Waals surface area contributed by atoms with Crippen molar-refractivity contribution in [3.05, 3.63) is 57.7 Å². The summed E-state index contributed by atoms with van der Waals surface area (Å²) in [5.74, 6) is 0.0102. The Hall–Kier alpha value is -1.13. The predicted molar refractivity (Wildman–Crippen MR) is 61.6 cm³/mol. The van der Waals surface area contributed by atoms with Gasteiger partial charge in [-0.15, -0.1) is 0 Å². The molecule has 2 nitrogen and oxygen atoms in total. The fraction of sp³-hybridized carbons (Fsp3) is 0.167. The number of hydrogen-bond donors (Lipinski definition) is 1. The van der Waals surface area contributed by atoms with E-state index in [0.29, 0.717) is 15.8 Å². The Kier molecular flexibility index (Phi) is 3.12. The molecule has 1 aromatic heterocycles. The van der Waals surface area contributed by atoms with Crippen LogP contribution < -0.4 is 0 Å². The molecule has 2 aromatic rings. The minimum Gasteiger partial charge on any atom is -0.465 e. The Morgan fingerprint density at radius 3 is 2.75 bits per heavy atom. The summed E-state index contributed by atoms with van der Waals surface area (Å²) in [6.07, 6.45) is 0.511. The zero-order valence-corrected chi connectivity index (χ0v) is 10.2. The summed E-state index contributed by atoms with van der Waals surface area (Å²) >= 11 is 3.26. The molecule has 0 aliphatic heterocycles. The number of benzene rings is 1. The van der Waals surface area contributed by atoms with E-state index in [9.17, 15) is 9.50 Å². The van der Waals surface area contributed by atoms with Crippen molar-refractivity contribution in [3.63, 3.8) is 0 Å². The SMILES string of the molecule is Cc1ccc(F)cc1C(O)c1occc1Br. The van der Waals surface area contributed by atoms with E-state index < -0.39 is 6.10 Å². The molecule has 1 heterocycles. The molecular weight excluding hydrogens is 275 g/mol. The maximum atomic E-state index is 13.1. The van der Waals surface area contributed by atoms with Gasteiger partial charge in [-0.05, 0) is 52.2 Å². The molecule has 0 bridgehead atoms. The fourth-order valence-electron chi connectivity index (χ4n) is 1.55. The van der Waals surface area contributed by atoms with Gasteiger partial charge in [-0.2, -0.15) is 0 Å². The normalized spacial score (nSPS) is 12.8. The lowest BCUT2D eigenvalue weighted by molar-refractivity contribution is 0.187. The molecular formula is C12H10BrFO2. The Bertz CT molecular complexity index is 507. The first kappa shape index (κ1) is 11.4. The van der Waals surface area contributed by atoms with Crippen LogP contribution in [0.2, 0.25) is 0 Å². The molecule has 0 fully saturated rings. The molecule has 0 radical (unpaired) electrons. The van der Waals surface area contributed by atoms with Crippen LogP contribution in [0.4, 0.5) is 4.39 Å². The minimum absolute atomic E-state index is 0.373. The lowest BCUT2D eigenvalue weighted by atomic mass is 10.0. The largest absolute Gasteiger partial charge is 0.465 e. The molecule has 0 saturated heterocycles. The number of aliphatic hydroxyl groups is 1. The monoisotopic (exact) mass is 284 g/mol. The Balaban J connectivity index is 2.45. The fourth-order valence-corrected chi connectivity index (χ4v) is 1.97. The van der Waals surface area contributed by atoms with Crippen LogP contribution in [-0.4, -0.2) is 5.11 Å². The molecule has 1 atom stereocenters. The van der Waals surface area contributed by atoms with E-state index in [2.05, 4.69) is 15.9 Å². The van der Waals surface area contributed by atoms with Crippen molar-refractivity contribution >= 4 is 15.9 Å². The van der Waals surface area contributed by atoms with Crippen LogP contribution in [0.5, 0.6) is 0 Å². The molecule has 1 unspecified atom stereocenters. The smallest absolute Gasteiger partial charge is 0.150 e. The van der Waals surface area contributed by atoms with Crippen LogP contribution in [0.25, 0.3) is 0 Å². The third-order valence-electron chi connectivity index (χ3n) is 2.43. The minimum atomic E-state index is -0.958. The van der Waals surface area contributed by atoms with Gasteiger partial charge in [0.1, 0.15) is 11.9 Å². The van der Waals surface area contributed by atoms with E-state index in [1.807, 2.05) is 6.92 Å². The highest BCUT2D eigenvalue weighted by molar-refractivity contribution is 9.10. The van der Waals surface area contributed by atoms with Crippen molar-refractivity contribution < 1.29 is 13.9 Å². The topological polar surface area (TPSA) is 33.4 Å². The van der Waals surface area contributed by atoms with Crippen LogP contribution >= 0.6 is 15.9 Å². The van der Waals surface area contributed by atoms with Gasteiger partial charge in [0, 0.05) is 0 Å². The summed E-state index contributed by atoms with van der Waals surface area (Å²) in [4.78, 5) is 0. The van der Waals surface area contributed by atoms with Crippen molar-refractivity contribution in [1.29, 1.82) is 0 Å². The molecule has 1 aromatic carbocycles. The Morgan fingerprint density at radius 2 is 2.12 bits per heavy atom. The van der Waals surface area contributed by atoms with Crippen LogP contribution in [0.15, 0.2) is 39.4 Å². The van der Waals surface area contributed by atoms with Gasteiger partial charge < -0.3 is 9.52 Å². The van der Waals surface area contributed by atoms with Gasteiger partial charge >= 0.3 is 0 Å². The first-order chi connectivity index (χ1) is 7.59. The van der Waals surface area contributed by atoms with Crippen LogP contribution in [0.3, 0.4) is 0 Å². The molecule has 0 aliphatic rings. The summed E-state index contributed by atoms with van der Waals surface area (Å²) < 4.78 is 18.9. The highest BCUT2D eigenvalue weighted by Gasteiger charge is 2.19. The standard InChI is InChI=1S/C12H10BrFO2/c1-7-2-3-8(14)6-9(7)11(15)12-10(13)4-5-16-12/h2-6,11,15H,1H3. The summed E-state index contributed by atoms with van der Waals surface area (Å²) in [6.45, 7) is 1.81. The molecule has 4 heteroatoms. The van der Waals surface area contributed by atoms with E-state index in [-0.39, 0.29) is 5.82 Å². The van der Waals surface area contributed by atoms with Gasteiger partial charge in [0.15, 0.2) is 5.76 Å². The molecule has 0 amide bonds. The van der Waals surface area contributed by atoms with Crippen molar-refractivity contribution in [1.82, 2.24) is 0 Å². The Morgan fingerprint density at radius 1 is 1.38 bits per heavy atom. The lowest BCUT2D eigenvalue weighted by Gasteiger charge is -2.12.